The average Bonchev–Trinajstić information content (AvgIpc) is 2.50. The molecular formula is C9H12ClN3S. The Morgan fingerprint density at radius 1 is 1.79 bits per heavy atom. The molecule has 1 atom stereocenters. The summed E-state index contributed by atoms with van der Waals surface area (Å²) in [6.07, 6.45) is 0. The molecule has 0 aliphatic carbocycles. The molecule has 0 fully saturated rings. The highest BCUT2D eigenvalue weighted by Gasteiger charge is 2.08. The van der Waals surface area contributed by atoms with Crippen LogP contribution < -0.4 is 0 Å². The highest BCUT2D eigenvalue weighted by atomic mass is 35.5. The number of aryl methyl sites for hydroxylation is 1. The molecule has 76 valence electrons. The number of hydrogen-bond acceptors (Lipinski definition) is 4. The van der Waals surface area contributed by atoms with E-state index in [0.717, 1.165) is 17.2 Å². The Hall–Kier alpha value is -0.630. The van der Waals surface area contributed by atoms with Crippen LogP contribution in [-0.2, 0) is 6.54 Å². The van der Waals surface area contributed by atoms with Gasteiger partial charge in [0.1, 0.15) is 5.38 Å². The van der Waals surface area contributed by atoms with Crippen LogP contribution in [0.25, 0.3) is 0 Å². The van der Waals surface area contributed by atoms with E-state index < -0.39 is 5.38 Å². The molecule has 0 aliphatic rings. The zero-order chi connectivity index (χ0) is 10.6. The quantitative estimate of drug-likeness (QED) is 0.742. The summed E-state index contributed by atoms with van der Waals surface area (Å²) in [5, 5.41) is 11.2. The monoisotopic (exact) mass is 229 g/mol. The molecule has 1 aromatic heterocycles. The number of rotatable bonds is 4. The van der Waals surface area contributed by atoms with Crippen molar-refractivity contribution in [2.24, 2.45) is 0 Å². The normalized spacial score (nSPS) is 12.8. The summed E-state index contributed by atoms with van der Waals surface area (Å²) < 4.78 is 0. The van der Waals surface area contributed by atoms with Gasteiger partial charge in [0.2, 0.25) is 0 Å². The van der Waals surface area contributed by atoms with Gasteiger partial charge < -0.3 is 0 Å². The summed E-state index contributed by atoms with van der Waals surface area (Å²) in [6.45, 7) is 3.29. The van der Waals surface area contributed by atoms with Gasteiger partial charge in [0.15, 0.2) is 0 Å². The van der Waals surface area contributed by atoms with Crippen molar-refractivity contribution in [3.8, 4) is 6.07 Å². The maximum atomic E-state index is 8.53. The Balaban J connectivity index is 2.42. The largest absolute Gasteiger partial charge is 0.298 e. The molecule has 3 nitrogen and oxygen atoms in total. The van der Waals surface area contributed by atoms with E-state index >= 15 is 0 Å². The van der Waals surface area contributed by atoms with Crippen molar-refractivity contribution in [2.45, 2.75) is 18.8 Å². The van der Waals surface area contributed by atoms with Crippen LogP contribution >= 0.6 is 22.9 Å². The smallest absolute Gasteiger partial charge is 0.133 e. The fraction of sp³-hybridized carbons (Fsp3) is 0.556. The SMILES string of the molecule is Cc1nc(CN(C)CC(Cl)C#N)cs1. The summed E-state index contributed by atoms with van der Waals surface area (Å²) in [5.74, 6) is 0. The standard InChI is InChI=1S/C9H12ClN3S/c1-7-12-9(6-14-7)5-13(2)4-8(10)3-11/h6,8H,4-5H2,1-2H3. The third-order valence-electron chi connectivity index (χ3n) is 1.71. The average molecular weight is 230 g/mol. The van der Waals surface area contributed by atoms with Crippen molar-refractivity contribution in [3.63, 3.8) is 0 Å². The number of thiazole rings is 1. The minimum atomic E-state index is -0.445. The summed E-state index contributed by atoms with van der Waals surface area (Å²) in [7, 11) is 1.93. The Morgan fingerprint density at radius 2 is 2.50 bits per heavy atom. The van der Waals surface area contributed by atoms with Crippen molar-refractivity contribution in [2.75, 3.05) is 13.6 Å². The Kier molecular flexibility index (Phi) is 4.33. The lowest BCUT2D eigenvalue weighted by molar-refractivity contribution is 0.333. The van der Waals surface area contributed by atoms with Gasteiger partial charge >= 0.3 is 0 Å². The van der Waals surface area contributed by atoms with E-state index in [4.69, 9.17) is 16.9 Å². The molecule has 0 amide bonds. The van der Waals surface area contributed by atoms with E-state index in [1.54, 1.807) is 11.3 Å². The highest BCUT2D eigenvalue weighted by Crippen LogP contribution is 2.10. The number of hydrogen-bond donors (Lipinski definition) is 0. The molecule has 0 aromatic carbocycles. The Morgan fingerprint density at radius 3 is 3.00 bits per heavy atom. The van der Waals surface area contributed by atoms with Crippen molar-refractivity contribution in [1.29, 1.82) is 5.26 Å². The van der Waals surface area contributed by atoms with Gasteiger partial charge in [-0.05, 0) is 14.0 Å². The number of alkyl halides is 1. The summed E-state index contributed by atoms with van der Waals surface area (Å²) in [4.78, 5) is 6.33. The molecule has 0 saturated carbocycles. The second kappa shape index (κ2) is 5.30. The lowest BCUT2D eigenvalue weighted by atomic mass is 10.4. The van der Waals surface area contributed by atoms with Crippen LogP contribution in [-0.4, -0.2) is 28.9 Å². The number of aromatic nitrogens is 1. The molecule has 0 saturated heterocycles. The molecule has 0 spiro atoms. The molecule has 5 heteroatoms. The minimum absolute atomic E-state index is 0.445. The maximum Gasteiger partial charge on any atom is 0.133 e. The van der Waals surface area contributed by atoms with Crippen LogP contribution in [0.5, 0.6) is 0 Å². The van der Waals surface area contributed by atoms with Gasteiger partial charge in [-0.3, -0.25) is 4.90 Å². The summed E-state index contributed by atoms with van der Waals surface area (Å²) >= 11 is 7.35. The first kappa shape index (κ1) is 11.4. The van der Waals surface area contributed by atoms with Crippen LogP contribution in [0.2, 0.25) is 0 Å². The molecule has 1 heterocycles. The maximum absolute atomic E-state index is 8.53. The van der Waals surface area contributed by atoms with Gasteiger partial charge in [0, 0.05) is 18.5 Å². The fourth-order valence-electron chi connectivity index (χ4n) is 1.14. The summed E-state index contributed by atoms with van der Waals surface area (Å²) in [5.41, 5.74) is 1.04. The lowest BCUT2D eigenvalue weighted by Crippen LogP contribution is -2.25. The minimum Gasteiger partial charge on any atom is -0.298 e. The van der Waals surface area contributed by atoms with E-state index in [9.17, 15) is 0 Å². The van der Waals surface area contributed by atoms with Crippen LogP contribution in [0.4, 0.5) is 0 Å². The highest BCUT2D eigenvalue weighted by molar-refractivity contribution is 7.09. The Labute approximate surface area is 92.9 Å². The van der Waals surface area contributed by atoms with E-state index in [2.05, 4.69) is 4.98 Å². The third kappa shape index (κ3) is 3.62. The lowest BCUT2D eigenvalue weighted by Gasteiger charge is -2.14. The molecular weight excluding hydrogens is 218 g/mol. The van der Waals surface area contributed by atoms with Crippen molar-refractivity contribution in [3.05, 3.63) is 16.1 Å². The molecule has 0 bridgehead atoms. The van der Waals surface area contributed by atoms with Crippen LogP contribution in [0.15, 0.2) is 5.38 Å². The van der Waals surface area contributed by atoms with Gasteiger partial charge in [-0.25, -0.2) is 4.98 Å². The zero-order valence-corrected chi connectivity index (χ0v) is 9.77. The topological polar surface area (TPSA) is 39.9 Å². The van der Waals surface area contributed by atoms with E-state index in [1.807, 2.05) is 30.3 Å². The molecule has 0 aliphatic heterocycles. The molecule has 14 heavy (non-hydrogen) atoms. The van der Waals surface area contributed by atoms with Crippen molar-refractivity contribution in [1.82, 2.24) is 9.88 Å². The Bertz CT molecular complexity index is 331. The van der Waals surface area contributed by atoms with Crippen molar-refractivity contribution < 1.29 is 0 Å². The molecule has 1 aromatic rings. The number of nitriles is 1. The van der Waals surface area contributed by atoms with Gasteiger partial charge in [0.05, 0.1) is 16.8 Å². The van der Waals surface area contributed by atoms with Crippen LogP contribution in [0, 0.1) is 18.3 Å². The molecule has 0 N–H and O–H groups in total. The summed E-state index contributed by atoms with van der Waals surface area (Å²) in [6, 6.07) is 1.99. The molecule has 1 unspecified atom stereocenters. The predicted octanol–water partition coefficient (Wildman–Crippen LogP) is 2.01. The predicted molar refractivity (Wildman–Crippen MR) is 58.4 cm³/mol. The van der Waals surface area contributed by atoms with Gasteiger partial charge in [-0.1, -0.05) is 0 Å². The van der Waals surface area contributed by atoms with Crippen molar-refractivity contribution >= 4 is 22.9 Å². The first-order valence-electron chi connectivity index (χ1n) is 4.25. The fourth-order valence-corrected chi connectivity index (χ4v) is 1.98. The van der Waals surface area contributed by atoms with Gasteiger partial charge in [0.25, 0.3) is 0 Å². The zero-order valence-electron chi connectivity index (χ0n) is 8.20. The van der Waals surface area contributed by atoms with Crippen LogP contribution in [0.1, 0.15) is 10.7 Å². The van der Waals surface area contributed by atoms with E-state index in [1.165, 1.54) is 0 Å². The molecule has 1 rings (SSSR count). The van der Waals surface area contributed by atoms with E-state index in [0.29, 0.717) is 6.54 Å². The second-order valence-electron chi connectivity index (χ2n) is 3.15. The van der Waals surface area contributed by atoms with Gasteiger partial charge in [-0.15, -0.1) is 22.9 Å². The number of halogens is 1. The first-order valence-corrected chi connectivity index (χ1v) is 5.56. The second-order valence-corrected chi connectivity index (χ2v) is 4.74. The third-order valence-corrected chi connectivity index (χ3v) is 2.77. The van der Waals surface area contributed by atoms with E-state index in [-0.39, 0.29) is 0 Å². The molecule has 0 radical (unpaired) electrons. The van der Waals surface area contributed by atoms with Gasteiger partial charge in [-0.2, -0.15) is 5.26 Å². The number of nitrogens with zero attached hydrogens (tertiary/aromatic N) is 3. The first-order chi connectivity index (χ1) is 6.61. The van der Waals surface area contributed by atoms with Crippen LogP contribution in [0.3, 0.4) is 0 Å².